The van der Waals surface area contributed by atoms with Crippen LogP contribution < -0.4 is 0 Å². The number of hydrogen-bond acceptors (Lipinski definition) is 1. The lowest BCUT2D eigenvalue weighted by Gasteiger charge is -2.08. The second-order valence-electron chi connectivity index (χ2n) is 3.71. The summed E-state index contributed by atoms with van der Waals surface area (Å²) in [6, 6.07) is 8.06. The molecule has 0 fully saturated rings. The molecule has 94 valence electrons. The Morgan fingerprint density at radius 2 is 1.50 bits per heavy atom. The maximum atomic E-state index is 13.5. The molecule has 0 heterocycles. The third kappa shape index (κ3) is 2.30. The minimum absolute atomic E-state index is 0.0590. The van der Waals surface area contributed by atoms with Gasteiger partial charge in [0.2, 0.25) is 0 Å². The highest BCUT2D eigenvalue weighted by Gasteiger charge is 2.30. The first kappa shape index (κ1) is 12.4. The Hall–Kier alpha value is -2.04. The SMILES string of the molecule is Oc1cccc(-c2ccc(C(F)(F)F)cc2)c1F. The van der Waals surface area contributed by atoms with Gasteiger partial charge in [0, 0.05) is 5.56 Å². The minimum Gasteiger partial charge on any atom is -0.505 e. The van der Waals surface area contributed by atoms with Gasteiger partial charge in [-0.2, -0.15) is 13.2 Å². The zero-order valence-corrected chi connectivity index (χ0v) is 9.00. The molecule has 0 saturated carbocycles. The number of halogens is 4. The number of hydrogen-bond donors (Lipinski definition) is 1. The molecular weight excluding hydrogens is 248 g/mol. The van der Waals surface area contributed by atoms with Gasteiger partial charge in [-0.25, -0.2) is 4.39 Å². The van der Waals surface area contributed by atoms with Gasteiger partial charge < -0.3 is 5.11 Å². The predicted octanol–water partition coefficient (Wildman–Crippen LogP) is 4.22. The van der Waals surface area contributed by atoms with E-state index in [2.05, 4.69) is 0 Å². The molecular formula is C13H8F4O. The molecule has 18 heavy (non-hydrogen) atoms. The van der Waals surface area contributed by atoms with Gasteiger partial charge in [0.05, 0.1) is 5.56 Å². The Kier molecular flexibility index (Phi) is 2.98. The number of rotatable bonds is 1. The van der Waals surface area contributed by atoms with Crippen LogP contribution in [0.5, 0.6) is 5.75 Å². The van der Waals surface area contributed by atoms with Crippen LogP contribution in [0, 0.1) is 5.82 Å². The summed E-state index contributed by atoms with van der Waals surface area (Å²) in [5.41, 5.74) is -0.466. The van der Waals surface area contributed by atoms with Crippen LogP contribution >= 0.6 is 0 Å². The molecule has 2 rings (SSSR count). The van der Waals surface area contributed by atoms with Gasteiger partial charge in [0.1, 0.15) is 0 Å². The van der Waals surface area contributed by atoms with E-state index in [4.69, 9.17) is 0 Å². The fraction of sp³-hybridized carbons (Fsp3) is 0.0769. The molecule has 0 bridgehead atoms. The first-order valence-corrected chi connectivity index (χ1v) is 5.04. The van der Waals surface area contributed by atoms with Crippen molar-refractivity contribution < 1.29 is 22.7 Å². The largest absolute Gasteiger partial charge is 0.505 e. The Bertz CT molecular complexity index is 558. The average Bonchev–Trinajstić information content (AvgIpc) is 2.32. The van der Waals surface area contributed by atoms with Gasteiger partial charge in [0.25, 0.3) is 0 Å². The quantitative estimate of drug-likeness (QED) is 0.757. The molecule has 0 aliphatic heterocycles. The summed E-state index contributed by atoms with van der Waals surface area (Å²) in [5, 5.41) is 9.19. The van der Waals surface area contributed by atoms with Crippen molar-refractivity contribution in [3.8, 4) is 16.9 Å². The Labute approximate surface area is 100 Å². The van der Waals surface area contributed by atoms with Gasteiger partial charge in [-0.05, 0) is 23.8 Å². The second-order valence-corrected chi connectivity index (χ2v) is 3.71. The Morgan fingerprint density at radius 1 is 0.889 bits per heavy atom. The van der Waals surface area contributed by atoms with Crippen molar-refractivity contribution >= 4 is 0 Å². The van der Waals surface area contributed by atoms with Gasteiger partial charge in [-0.1, -0.05) is 24.3 Å². The summed E-state index contributed by atoms with van der Waals surface area (Å²) in [5.74, 6) is -1.38. The van der Waals surface area contributed by atoms with Crippen LogP contribution in [-0.2, 0) is 6.18 Å². The molecule has 2 aromatic carbocycles. The third-order valence-electron chi connectivity index (χ3n) is 2.50. The van der Waals surface area contributed by atoms with Gasteiger partial charge >= 0.3 is 6.18 Å². The van der Waals surface area contributed by atoms with Crippen LogP contribution in [0.3, 0.4) is 0 Å². The van der Waals surface area contributed by atoms with E-state index < -0.39 is 23.3 Å². The molecule has 0 aliphatic carbocycles. The van der Waals surface area contributed by atoms with Crippen molar-refractivity contribution in [3.63, 3.8) is 0 Å². The standard InChI is InChI=1S/C13H8F4O/c14-12-10(2-1-3-11(12)18)8-4-6-9(7-5-8)13(15,16)17/h1-7,18H. The van der Waals surface area contributed by atoms with Gasteiger partial charge in [-0.3, -0.25) is 0 Å². The van der Waals surface area contributed by atoms with Crippen molar-refractivity contribution in [3.05, 3.63) is 53.8 Å². The van der Waals surface area contributed by atoms with Crippen molar-refractivity contribution in [2.24, 2.45) is 0 Å². The van der Waals surface area contributed by atoms with Gasteiger partial charge in [0.15, 0.2) is 11.6 Å². The molecule has 1 nitrogen and oxygen atoms in total. The molecule has 5 heteroatoms. The molecule has 0 unspecified atom stereocenters. The first-order valence-electron chi connectivity index (χ1n) is 5.04. The highest BCUT2D eigenvalue weighted by molar-refractivity contribution is 5.66. The lowest BCUT2D eigenvalue weighted by Crippen LogP contribution is -2.04. The summed E-state index contributed by atoms with van der Waals surface area (Å²) >= 11 is 0. The minimum atomic E-state index is -4.42. The first-order chi connectivity index (χ1) is 8.39. The molecule has 0 aromatic heterocycles. The highest BCUT2D eigenvalue weighted by atomic mass is 19.4. The monoisotopic (exact) mass is 256 g/mol. The van der Waals surface area contributed by atoms with E-state index in [9.17, 15) is 22.7 Å². The summed E-state index contributed by atoms with van der Waals surface area (Å²) in [6.07, 6.45) is -4.42. The van der Waals surface area contributed by atoms with Crippen LogP contribution in [-0.4, -0.2) is 5.11 Å². The lowest BCUT2D eigenvalue weighted by atomic mass is 10.0. The average molecular weight is 256 g/mol. The smallest absolute Gasteiger partial charge is 0.416 e. The maximum absolute atomic E-state index is 13.5. The molecule has 2 aromatic rings. The normalized spacial score (nSPS) is 11.6. The van der Waals surface area contributed by atoms with Crippen LogP contribution in [0.2, 0.25) is 0 Å². The predicted molar refractivity (Wildman–Crippen MR) is 58.5 cm³/mol. The fourth-order valence-corrected chi connectivity index (χ4v) is 1.58. The van der Waals surface area contributed by atoms with Crippen LogP contribution in [0.4, 0.5) is 17.6 Å². The van der Waals surface area contributed by atoms with Crippen molar-refractivity contribution in [2.75, 3.05) is 0 Å². The number of phenolic OH excluding ortho intramolecular Hbond substituents is 1. The van der Waals surface area contributed by atoms with E-state index in [1.807, 2.05) is 0 Å². The summed E-state index contributed by atoms with van der Waals surface area (Å²) in [4.78, 5) is 0. The lowest BCUT2D eigenvalue weighted by molar-refractivity contribution is -0.137. The molecule has 0 aliphatic rings. The Morgan fingerprint density at radius 3 is 2.06 bits per heavy atom. The van der Waals surface area contributed by atoms with E-state index in [1.54, 1.807) is 0 Å². The number of aromatic hydroxyl groups is 1. The molecule has 0 spiro atoms. The van der Waals surface area contributed by atoms with E-state index in [0.717, 1.165) is 12.1 Å². The van der Waals surface area contributed by atoms with Crippen molar-refractivity contribution in [1.29, 1.82) is 0 Å². The Balaban J connectivity index is 2.44. The third-order valence-corrected chi connectivity index (χ3v) is 2.50. The van der Waals surface area contributed by atoms with Crippen molar-refractivity contribution in [2.45, 2.75) is 6.18 Å². The zero-order valence-electron chi connectivity index (χ0n) is 9.00. The molecule has 0 atom stereocenters. The maximum Gasteiger partial charge on any atom is 0.416 e. The summed E-state index contributed by atoms with van der Waals surface area (Å²) in [7, 11) is 0. The highest BCUT2D eigenvalue weighted by Crippen LogP contribution is 2.32. The molecule has 0 radical (unpaired) electrons. The fourth-order valence-electron chi connectivity index (χ4n) is 1.58. The van der Waals surface area contributed by atoms with Crippen LogP contribution in [0.1, 0.15) is 5.56 Å². The summed E-state index contributed by atoms with van der Waals surface area (Å²) in [6.45, 7) is 0. The number of phenols is 1. The topological polar surface area (TPSA) is 20.2 Å². The van der Waals surface area contributed by atoms with Gasteiger partial charge in [-0.15, -0.1) is 0 Å². The number of alkyl halides is 3. The van der Waals surface area contributed by atoms with E-state index >= 15 is 0 Å². The van der Waals surface area contributed by atoms with Crippen LogP contribution in [0.15, 0.2) is 42.5 Å². The van der Waals surface area contributed by atoms with E-state index in [1.165, 1.54) is 30.3 Å². The molecule has 0 saturated heterocycles. The summed E-state index contributed by atoms with van der Waals surface area (Å²) < 4.78 is 50.6. The number of benzene rings is 2. The zero-order chi connectivity index (χ0) is 13.3. The van der Waals surface area contributed by atoms with Crippen molar-refractivity contribution in [1.82, 2.24) is 0 Å². The van der Waals surface area contributed by atoms with Crippen LogP contribution in [0.25, 0.3) is 11.1 Å². The second kappa shape index (κ2) is 4.33. The molecule has 1 N–H and O–H groups in total. The molecule has 0 amide bonds. The van der Waals surface area contributed by atoms with E-state index in [0.29, 0.717) is 0 Å². The van der Waals surface area contributed by atoms with E-state index in [-0.39, 0.29) is 11.1 Å².